The van der Waals surface area contributed by atoms with E-state index in [1.54, 1.807) is 0 Å². The van der Waals surface area contributed by atoms with Crippen LogP contribution in [0.15, 0.2) is 12.7 Å². The van der Waals surface area contributed by atoms with Crippen LogP contribution in [0.4, 0.5) is 0 Å². The van der Waals surface area contributed by atoms with Gasteiger partial charge in [-0.05, 0) is 25.9 Å². The van der Waals surface area contributed by atoms with Crippen molar-refractivity contribution in [1.29, 1.82) is 0 Å². The molecule has 0 saturated heterocycles. The minimum atomic E-state index is 0.645. The van der Waals surface area contributed by atoms with Crippen LogP contribution in [-0.2, 0) is 0 Å². The highest BCUT2D eigenvalue weighted by Gasteiger charge is 2.11. The van der Waals surface area contributed by atoms with E-state index >= 15 is 0 Å². The number of hydrogen-bond donors (Lipinski definition) is 1. The molecule has 0 aromatic heterocycles. The van der Waals surface area contributed by atoms with E-state index in [1.807, 2.05) is 6.08 Å². The van der Waals surface area contributed by atoms with Crippen molar-refractivity contribution in [2.24, 2.45) is 5.92 Å². The molecule has 2 heteroatoms. The lowest BCUT2D eigenvalue weighted by molar-refractivity contribution is 0.242. The van der Waals surface area contributed by atoms with Gasteiger partial charge in [-0.3, -0.25) is 4.90 Å². The number of hydrogen-bond acceptors (Lipinski definition) is 2. The summed E-state index contributed by atoms with van der Waals surface area (Å²) < 4.78 is 0. The van der Waals surface area contributed by atoms with Crippen molar-refractivity contribution in [2.75, 3.05) is 26.7 Å². The Bertz CT molecular complexity index is 155. The van der Waals surface area contributed by atoms with E-state index in [1.165, 1.54) is 12.8 Å². The molecule has 90 valence electrons. The van der Waals surface area contributed by atoms with Crippen molar-refractivity contribution in [2.45, 2.75) is 39.7 Å². The van der Waals surface area contributed by atoms with Crippen molar-refractivity contribution in [3.8, 4) is 0 Å². The molecule has 0 spiro atoms. The Hall–Kier alpha value is -0.340. The van der Waals surface area contributed by atoms with E-state index in [4.69, 9.17) is 0 Å². The topological polar surface area (TPSA) is 15.3 Å². The maximum atomic E-state index is 3.79. The van der Waals surface area contributed by atoms with Gasteiger partial charge in [-0.1, -0.05) is 33.3 Å². The Kier molecular flexibility index (Phi) is 8.73. The molecule has 0 radical (unpaired) electrons. The zero-order valence-corrected chi connectivity index (χ0v) is 10.9. The molecule has 1 atom stereocenters. The molecule has 0 aliphatic carbocycles. The fourth-order valence-corrected chi connectivity index (χ4v) is 1.70. The fraction of sp³-hybridized carbons (Fsp3) is 0.846. The molecule has 0 aliphatic rings. The second kappa shape index (κ2) is 8.93. The first-order chi connectivity index (χ1) is 7.11. The predicted octanol–water partition coefficient (Wildman–Crippen LogP) is 2.52. The minimum absolute atomic E-state index is 0.645. The van der Waals surface area contributed by atoms with E-state index in [0.717, 1.165) is 25.6 Å². The van der Waals surface area contributed by atoms with Crippen LogP contribution in [0.1, 0.15) is 33.6 Å². The van der Waals surface area contributed by atoms with E-state index in [2.05, 4.69) is 44.6 Å². The summed E-state index contributed by atoms with van der Waals surface area (Å²) in [6.45, 7) is 13.7. The summed E-state index contributed by atoms with van der Waals surface area (Å²) in [4.78, 5) is 2.38. The lowest BCUT2D eigenvalue weighted by Gasteiger charge is -2.27. The summed E-state index contributed by atoms with van der Waals surface area (Å²) in [5.41, 5.74) is 0. The minimum Gasteiger partial charge on any atom is -0.315 e. The Balaban J connectivity index is 3.86. The first kappa shape index (κ1) is 14.7. The number of rotatable bonds is 9. The first-order valence-corrected chi connectivity index (χ1v) is 6.13. The molecule has 0 heterocycles. The third-order valence-electron chi connectivity index (χ3n) is 2.59. The van der Waals surface area contributed by atoms with Crippen LogP contribution in [0.5, 0.6) is 0 Å². The molecular weight excluding hydrogens is 184 g/mol. The Morgan fingerprint density at radius 2 is 2.00 bits per heavy atom. The molecule has 1 N–H and O–H groups in total. The average Bonchev–Trinajstić information content (AvgIpc) is 2.16. The molecule has 0 bridgehead atoms. The van der Waals surface area contributed by atoms with Gasteiger partial charge in [-0.25, -0.2) is 0 Å². The Labute approximate surface area is 95.7 Å². The van der Waals surface area contributed by atoms with Gasteiger partial charge in [0, 0.05) is 19.1 Å². The predicted molar refractivity (Wildman–Crippen MR) is 69.2 cm³/mol. The van der Waals surface area contributed by atoms with Crippen LogP contribution in [0.25, 0.3) is 0 Å². The second-order valence-electron chi connectivity index (χ2n) is 4.72. The van der Waals surface area contributed by atoms with Crippen LogP contribution in [0.3, 0.4) is 0 Å². The van der Waals surface area contributed by atoms with Crippen LogP contribution in [0, 0.1) is 5.92 Å². The smallest absolute Gasteiger partial charge is 0.0220 e. The van der Waals surface area contributed by atoms with Crippen molar-refractivity contribution in [3.05, 3.63) is 12.7 Å². The zero-order chi connectivity index (χ0) is 11.7. The van der Waals surface area contributed by atoms with Crippen LogP contribution in [-0.4, -0.2) is 37.6 Å². The van der Waals surface area contributed by atoms with E-state index in [-0.39, 0.29) is 0 Å². The summed E-state index contributed by atoms with van der Waals surface area (Å²) in [5.74, 6) is 0.733. The van der Waals surface area contributed by atoms with Crippen LogP contribution < -0.4 is 5.32 Å². The molecule has 0 fully saturated rings. The van der Waals surface area contributed by atoms with Gasteiger partial charge < -0.3 is 5.32 Å². The lowest BCUT2D eigenvalue weighted by Crippen LogP contribution is -2.41. The molecule has 0 amide bonds. The summed E-state index contributed by atoms with van der Waals surface area (Å²) in [7, 11) is 2.18. The largest absolute Gasteiger partial charge is 0.315 e. The number of nitrogens with zero attached hydrogens (tertiary/aromatic N) is 1. The normalized spacial score (nSPS) is 13.5. The molecule has 2 nitrogen and oxygen atoms in total. The maximum absolute atomic E-state index is 3.79. The third-order valence-corrected chi connectivity index (χ3v) is 2.59. The van der Waals surface area contributed by atoms with Crippen molar-refractivity contribution >= 4 is 0 Å². The van der Waals surface area contributed by atoms with Gasteiger partial charge in [0.2, 0.25) is 0 Å². The molecule has 0 saturated carbocycles. The molecule has 1 unspecified atom stereocenters. The highest BCUT2D eigenvalue weighted by Crippen LogP contribution is 2.04. The van der Waals surface area contributed by atoms with Gasteiger partial charge in [0.25, 0.3) is 0 Å². The highest BCUT2D eigenvalue weighted by molar-refractivity contribution is 4.78. The standard InChI is InChI=1S/C13H28N2/c1-6-8-13(15(5)9-7-2)11-14-10-12(3)4/h7,12-14H,2,6,8-11H2,1,3-5H3. The van der Waals surface area contributed by atoms with Gasteiger partial charge in [-0.2, -0.15) is 0 Å². The van der Waals surface area contributed by atoms with Gasteiger partial charge in [0.05, 0.1) is 0 Å². The van der Waals surface area contributed by atoms with E-state index in [0.29, 0.717) is 6.04 Å². The molecule has 0 aliphatic heterocycles. The monoisotopic (exact) mass is 212 g/mol. The second-order valence-corrected chi connectivity index (χ2v) is 4.72. The summed E-state index contributed by atoms with van der Waals surface area (Å²) in [6.07, 6.45) is 4.48. The molecule has 0 aromatic rings. The average molecular weight is 212 g/mol. The van der Waals surface area contributed by atoms with Gasteiger partial charge in [0.1, 0.15) is 0 Å². The van der Waals surface area contributed by atoms with E-state index < -0.39 is 0 Å². The van der Waals surface area contributed by atoms with Crippen molar-refractivity contribution in [1.82, 2.24) is 10.2 Å². The maximum Gasteiger partial charge on any atom is 0.0220 e. The highest BCUT2D eigenvalue weighted by atomic mass is 15.1. The van der Waals surface area contributed by atoms with Crippen LogP contribution >= 0.6 is 0 Å². The third kappa shape index (κ3) is 7.57. The Morgan fingerprint density at radius 1 is 1.33 bits per heavy atom. The Morgan fingerprint density at radius 3 is 2.47 bits per heavy atom. The SMILES string of the molecule is C=CCN(C)C(CCC)CNCC(C)C. The van der Waals surface area contributed by atoms with Crippen LogP contribution in [0.2, 0.25) is 0 Å². The summed E-state index contributed by atoms with van der Waals surface area (Å²) in [6, 6.07) is 0.645. The molecule has 15 heavy (non-hydrogen) atoms. The van der Waals surface area contributed by atoms with Crippen molar-refractivity contribution in [3.63, 3.8) is 0 Å². The number of nitrogens with one attached hydrogen (secondary N) is 1. The van der Waals surface area contributed by atoms with Gasteiger partial charge in [0.15, 0.2) is 0 Å². The molecule has 0 aromatic carbocycles. The summed E-state index contributed by atoms with van der Waals surface area (Å²) >= 11 is 0. The van der Waals surface area contributed by atoms with Crippen molar-refractivity contribution < 1.29 is 0 Å². The zero-order valence-electron chi connectivity index (χ0n) is 10.9. The summed E-state index contributed by atoms with van der Waals surface area (Å²) in [5, 5.41) is 3.53. The van der Waals surface area contributed by atoms with Gasteiger partial charge >= 0.3 is 0 Å². The fourth-order valence-electron chi connectivity index (χ4n) is 1.70. The van der Waals surface area contributed by atoms with E-state index in [9.17, 15) is 0 Å². The lowest BCUT2D eigenvalue weighted by atomic mass is 10.1. The first-order valence-electron chi connectivity index (χ1n) is 6.13. The van der Waals surface area contributed by atoms with Gasteiger partial charge in [-0.15, -0.1) is 6.58 Å². The molecular formula is C13H28N2. The molecule has 0 rings (SSSR count). The number of likely N-dealkylation sites (N-methyl/N-ethyl adjacent to an activating group) is 1. The quantitative estimate of drug-likeness (QED) is 0.591.